The number of carbonyl (C=O) groups is 2. The number of rotatable bonds is 2. The molecule has 3 atom stereocenters. The normalized spacial score (nSPS) is 32.3. The standard InChI is InChI=1S/C14H21NO3/c1-10-7-8-15(12(9-10)14(17)18)13(16)11-5-3-2-4-6-11/h2-3,10-12H,4-9H2,1H3,(H,17,18). The molecule has 3 unspecified atom stereocenters. The Labute approximate surface area is 108 Å². The molecule has 0 aromatic rings. The zero-order chi connectivity index (χ0) is 13.1. The molecule has 1 aliphatic heterocycles. The van der Waals surface area contributed by atoms with Gasteiger partial charge in [-0.15, -0.1) is 0 Å². The Balaban J connectivity index is 2.07. The average Bonchev–Trinajstić information content (AvgIpc) is 2.39. The van der Waals surface area contributed by atoms with E-state index in [1.165, 1.54) is 0 Å². The number of carboxylic acids is 1. The minimum absolute atomic E-state index is 0.00902. The average molecular weight is 251 g/mol. The summed E-state index contributed by atoms with van der Waals surface area (Å²) in [7, 11) is 0. The lowest BCUT2D eigenvalue weighted by atomic mass is 9.88. The van der Waals surface area contributed by atoms with Crippen LogP contribution < -0.4 is 0 Å². The molecule has 100 valence electrons. The maximum Gasteiger partial charge on any atom is 0.326 e. The van der Waals surface area contributed by atoms with E-state index in [-0.39, 0.29) is 11.8 Å². The molecule has 0 saturated carbocycles. The predicted octanol–water partition coefficient (Wildman–Crippen LogP) is 2.05. The first kappa shape index (κ1) is 13.1. The molecule has 2 aliphatic rings. The Kier molecular flexibility index (Phi) is 4.04. The SMILES string of the molecule is CC1CCN(C(=O)C2CC=CCC2)C(C(=O)O)C1. The van der Waals surface area contributed by atoms with Crippen LogP contribution in [0.4, 0.5) is 0 Å². The van der Waals surface area contributed by atoms with Crippen molar-refractivity contribution in [2.45, 2.75) is 45.1 Å². The minimum Gasteiger partial charge on any atom is -0.480 e. The molecule has 1 saturated heterocycles. The Bertz CT molecular complexity index is 364. The van der Waals surface area contributed by atoms with Crippen LogP contribution in [0.5, 0.6) is 0 Å². The van der Waals surface area contributed by atoms with Crippen molar-refractivity contribution < 1.29 is 14.7 Å². The highest BCUT2D eigenvalue weighted by atomic mass is 16.4. The first-order valence-electron chi connectivity index (χ1n) is 6.78. The number of likely N-dealkylation sites (tertiary alicyclic amines) is 1. The van der Waals surface area contributed by atoms with Gasteiger partial charge in [-0.1, -0.05) is 19.1 Å². The van der Waals surface area contributed by atoms with Crippen molar-refractivity contribution in [2.75, 3.05) is 6.54 Å². The van der Waals surface area contributed by atoms with E-state index in [2.05, 4.69) is 13.0 Å². The number of hydrogen-bond donors (Lipinski definition) is 1. The maximum atomic E-state index is 12.4. The van der Waals surface area contributed by atoms with Crippen LogP contribution in [0.25, 0.3) is 0 Å². The van der Waals surface area contributed by atoms with Crippen LogP contribution in [0.3, 0.4) is 0 Å². The molecule has 0 bridgehead atoms. The van der Waals surface area contributed by atoms with Crippen LogP contribution in [0, 0.1) is 11.8 Å². The van der Waals surface area contributed by atoms with Gasteiger partial charge < -0.3 is 10.0 Å². The van der Waals surface area contributed by atoms with Crippen molar-refractivity contribution in [3.05, 3.63) is 12.2 Å². The molecule has 0 radical (unpaired) electrons. The van der Waals surface area contributed by atoms with Gasteiger partial charge in [-0.2, -0.15) is 0 Å². The quantitative estimate of drug-likeness (QED) is 0.764. The number of hydrogen-bond acceptors (Lipinski definition) is 2. The van der Waals surface area contributed by atoms with E-state index in [9.17, 15) is 14.7 Å². The third-order valence-corrected chi connectivity index (χ3v) is 4.05. The van der Waals surface area contributed by atoms with E-state index in [4.69, 9.17) is 0 Å². The first-order chi connectivity index (χ1) is 8.59. The van der Waals surface area contributed by atoms with Crippen molar-refractivity contribution >= 4 is 11.9 Å². The molecule has 4 nitrogen and oxygen atoms in total. The van der Waals surface area contributed by atoms with Gasteiger partial charge in [0.05, 0.1) is 0 Å². The van der Waals surface area contributed by atoms with Gasteiger partial charge in [0.1, 0.15) is 6.04 Å². The molecule has 18 heavy (non-hydrogen) atoms. The fourth-order valence-electron chi connectivity index (χ4n) is 2.89. The van der Waals surface area contributed by atoms with Crippen LogP contribution in [-0.2, 0) is 9.59 Å². The Morgan fingerprint density at radius 3 is 2.67 bits per heavy atom. The Morgan fingerprint density at radius 2 is 2.06 bits per heavy atom. The van der Waals surface area contributed by atoms with Crippen LogP contribution >= 0.6 is 0 Å². The van der Waals surface area contributed by atoms with Crippen LogP contribution in [0.15, 0.2) is 12.2 Å². The zero-order valence-electron chi connectivity index (χ0n) is 10.8. The number of piperidine rings is 1. The van der Waals surface area contributed by atoms with Gasteiger partial charge in [-0.3, -0.25) is 4.79 Å². The van der Waals surface area contributed by atoms with E-state index < -0.39 is 12.0 Å². The topological polar surface area (TPSA) is 57.6 Å². The molecule has 0 spiro atoms. The van der Waals surface area contributed by atoms with Gasteiger partial charge in [-0.25, -0.2) is 4.79 Å². The maximum absolute atomic E-state index is 12.4. The molecule has 0 aromatic carbocycles. The number of nitrogens with zero attached hydrogens (tertiary/aromatic N) is 1. The molecule has 1 fully saturated rings. The van der Waals surface area contributed by atoms with E-state index >= 15 is 0 Å². The van der Waals surface area contributed by atoms with Crippen molar-refractivity contribution in [1.29, 1.82) is 0 Å². The number of carboxylic acid groups (broad SMARTS) is 1. The lowest BCUT2D eigenvalue weighted by Crippen LogP contribution is -2.51. The Morgan fingerprint density at radius 1 is 1.28 bits per heavy atom. The third-order valence-electron chi connectivity index (χ3n) is 4.05. The van der Waals surface area contributed by atoms with Crippen molar-refractivity contribution in [3.8, 4) is 0 Å². The second-order valence-electron chi connectivity index (χ2n) is 5.50. The highest BCUT2D eigenvalue weighted by molar-refractivity contribution is 5.85. The van der Waals surface area contributed by atoms with E-state index in [1.807, 2.05) is 6.08 Å². The van der Waals surface area contributed by atoms with Gasteiger partial charge in [0.25, 0.3) is 0 Å². The van der Waals surface area contributed by atoms with Crippen molar-refractivity contribution in [3.63, 3.8) is 0 Å². The fourth-order valence-corrected chi connectivity index (χ4v) is 2.89. The largest absolute Gasteiger partial charge is 0.480 e. The third kappa shape index (κ3) is 2.74. The summed E-state index contributed by atoms with van der Waals surface area (Å²) in [6.07, 6.45) is 8.18. The summed E-state index contributed by atoms with van der Waals surface area (Å²) >= 11 is 0. The molecular formula is C14H21NO3. The molecular weight excluding hydrogens is 230 g/mol. The molecule has 1 aliphatic carbocycles. The van der Waals surface area contributed by atoms with E-state index in [0.29, 0.717) is 18.9 Å². The number of carbonyl (C=O) groups excluding carboxylic acids is 1. The van der Waals surface area contributed by atoms with Crippen LogP contribution in [-0.4, -0.2) is 34.5 Å². The zero-order valence-corrected chi connectivity index (χ0v) is 10.8. The molecule has 2 rings (SSSR count). The predicted molar refractivity (Wildman–Crippen MR) is 68.0 cm³/mol. The summed E-state index contributed by atoms with van der Waals surface area (Å²) in [5, 5.41) is 9.27. The minimum atomic E-state index is -0.860. The number of aliphatic carboxylic acids is 1. The van der Waals surface area contributed by atoms with Gasteiger partial charge in [0.2, 0.25) is 5.91 Å². The summed E-state index contributed by atoms with van der Waals surface area (Å²) in [4.78, 5) is 25.3. The first-order valence-corrected chi connectivity index (χ1v) is 6.78. The summed E-state index contributed by atoms with van der Waals surface area (Å²) in [6, 6.07) is -0.618. The molecule has 1 heterocycles. The van der Waals surface area contributed by atoms with Crippen LogP contribution in [0.1, 0.15) is 39.0 Å². The summed E-state index contributed by atoms with van der Waals surface area (Å²) < 4.78 is 0. The van der Waals surface area contributed by atoms with Gasteiger partial charge in [0, 0.05) is 12.5 Å². The second kappa shape index (κ2) is 5.55. The molecule has 1 N–H and O–H groups in total. The molecule has 4 heteroatoms. The number of amides is 1. The highest BCUT2D eigenvalue weighted by Gasteiger charge is 2.37. The van der Waals surface area contributed by atoms with Crippen LogP contribution in [0.2, 0.25) is 0 Å². The van der Waals surface area contributed by atoms with E-state index in [0.717, 1.165) is 25.7 Å². The summed E-state index contributed by atoms with van der Waals surface area (Å²) in [5.41, 5.74) is 0. The highest BCUT2D eigenvalue weighted by Crippen LogP contribution is 2.27. The monoisotopic (exact) mass is 251 g/mol. The van der Waals surface area contributed by atoms with Crippen molar-refractivity contribution in [2.24, 2.45) is 11.8 Å². The second-order valence-corrected chi connectivity index (χ2v) is 5.50. The van der Waals surface area contributed by atoms with Gasteiger partial charge >= 0.3 is 5.97 Å². The van der Waals surface area contributed by atoms with E-state index in [1.54, 1.807) is 4.90 Å². The van der Waals surface area contributed by atoms with Gasteiger partial charge in [-0.05, 0) is 38.0 Å². The summed E-state index contributed by atoms with van der Waals surface area (Å²) in [5.74, 6) is -0.438. The molecule has 0 aromatic heterocycles. The van der Waals surface area contributed by atoms with Gasteiger partial charge in [0.15, 0.2) is 0 Å². The smallest absolute Gasteiger partial charge is 0.326 e. The lowest BCUT2D eigenvalue weighted by Gasteiger charge is -2.38. The summed E-state index contributed by atoms with van der Waals surface area (Å²) in [6.45, 7) is 2.65. The number of allylic oxidation sites excluding steroid dienone is 2. The lowest BCUT2D eigenvalue weighted by molar-refractivity contribution is -0.155. The fraction of sp³-hybridized carbons (Fsp3) is 0.714. The molecule has 1 amide bonds. The van der Waals surface area contributed by atoms with Crippen molar-refractivity contribution in [1.82, 2.24) is 4.90 Å². The Hall–Kier alpha value is -1.32.